The van der Waals surface area contributed by atoms with Gasteiger partial charge in [-0.15, -0.1) is 0 Å². The Bertz CT molecular complexity index is 293. The summed E-state index contributed by atoms with van der Waals surface area (Å²) in [6, 6.07) is 0. The molecule has 0 atom stereocenters. The average Bonchev–Trinajstić information content (AvgIpc) is 2.52. The molecule has 0 radical (unpaired) electrons. The Balaban J connectivity index is 2.18. The lowest BCUT2D eigenvalue weighted by Crippen LogP contribution is -1.98. The maximum absolute atomic E-state index is 11.2. The molecule has 4 nitrogen and oxygen atoms in total. The Morgan fingerprint density at radius 2 is 2.36 bits per heavy atom. The number of aromatic nitrogens is 2. The third-order valence-corrected chi connectivity index (χ3v) is 2.08. The molecule has 0 amide bonds. The largest absolute Gasteiger partial charge is 0.369 e. The van der Waals surface area contributed by atoms with Gasteiger partial charge in [-0.1, -0.05) is 6.92 Å². The molecule has 0 spiro atoms. The monoisotopic (exact) mass is 195 g/mol. The van der Waals surface area contributed by atoms with Crippen LogP contribution in [-0.2, 0) is 11.2 Å². The number of ketones is 1. The molecule has 4 heteroatoms. The van der Waals surface area contributed by atoms with Gasteiger partial charge >= 0.3 is 0 Å². The summed E-state index contributed by atoms with van der Waals surface area (Å²) in [7, 11) is 0. The molecular weight excluding hydrogens is 178 g/mol. The van der Waals surface area contributed by atoms with Crippen LogP contribution in [0.15, 0.2) is 6.20 Å². The van der Waals surface area contributed by atoms with E-state index in [2.05, 4.69) is 9.97 Å². The maximum Gasteiger partial charge on any atom is 0.197 e. The number of nitrogens with two attached hydrogens (primary N) is 1. The van der Waals surface area contributed by atoms with Gasteiger partial charge in [0.05, 0.1) is 6.20 Å². The highest BCUT2D eigenvalue weighted by Gasteiger charge is 2.01. The first-order valence-electron chi connectivity index (χ1n) is 5.03. The highest BCUT2D eigenvalue weighted by atomic mass is 16.1. The van der Waals surface area contributed by atoms with Gasteiger partial charge in [-0.25, -0.2) is 4.98 Å². The summed E-state index contributed by atoms with van der Waals surface area (Å²) < 4.78 is 0. The molecular formula is C10H17N3O. The van der Waals surface area contributed by atoms with E-state index in [1.165, 1.54) is 0 Å². The van der Waals surface area contributed by atoms with E-state index in [0.717, 1.165) is 25.0 Å². The van der Waals surface area contributed by atoms with Crippen LogP contribution in [0.1, 0.15) is 38.3 Å². The van der Waals surface area contributed by atoms with Crippen molar-refractivity contribution in [3.8, 4) is 0 Å². The zero-order valence-corrected chi connectivity index (χ0v) is 8.55. The summed E-state index contributed by atoms with van der Waals surface area (Å²) in [6.07, 6.45) is 5.74. The first kappa shape index (κ1) is 10.8. The van der Waals surface area contributed by atoms with E-state index in [1.807, 2.05) is 6.92 Å². The Morgan fingerprint density at radius 3 is 2.93 bits per heavy atom. The fraction of sp³-hybridized carbons (Fsp3) is 0.600. The molecule has 1 heterocycles. The van der Waals surface area contributed by atoms with Gasteiger partial charge in [0.15, 0.2) is 5.95 Å². The first-order chi connectivity index (χ1) is 6.72. The number of carbonyl (C=O) groups is 1. The molecule has 0 saturated carbocycles. The highest BCUT2D eigenvalue weighted by Crippen LogP contribution is 2.05. The Kier molecular flexibility index (Phi) is 4.16. The number of nitrogens with zero attached hydrogens (tertiary/aromatic N) is 1. The molecule has 78 valence electrons. The summed E-state index contributed by atoms with van der Waals surface area (Å²) in [4.78, 5) is 18.0. The first-order valence-corrected chi connectivity index (χ1v) is 5.03. The number of Topliss-reactive ketones (excluding diaryl/α,β-unsaturated/α-hetero) is 1. The molecule has 0 aliphatic carbocycles. The van der Waals surface area contributed by atoms with Crippen LogP contribution in [0.5, 0.6) is 0 Å². The SMILES string of the molecule is CCCC(=O)CCCc1cnc(N)[nH]1. The van der Waals surface area contributed by atoms with Crippen molar-refractivity contribution in [3.05, 3.63) is 11.9 Å². The van der Waals surface area contributed by atoms with Gasteiger partial charge in [0.1, 0.15) is 5.78 Å². The van der Waals surface area contributed by atoms with E-state index >= 15 is 0 Å². The summed E-state index contributed by atoms with van der Waals surface area (Å²) in [5, 5.41) is 0. The van der Waals surface area contributed by atoms with Gasteiger partial charge in [0.25, 0.3) is 0 Å². The molecule has 0 unspecified atom stereocenters. The second-order valence-corrected chi connectivity index (χ2v) is 3.44. The van der Waals surface area contributed by atoms with Crippen LogP contribution >= 0.6 is 0 Å². The average molecular weight is 195 g/mol. The number of H-pyrrole nitrogens is 1. The summed E-state index contributed by atoms with van der Waals surface area (Å²) >= 11 is 0. The van der Waals surface area contributed by atoms with Crippen LogP contribution in [0, 0.1) is 0 Å². The summed E-state index contributed by atoms with van der Waals surface area (Å²) in [6.45, 7) is 2.02. The van der Waals surface area contributed by atoms with Crippen LogP contribution in [0.2, 0.25) is 0 Å². The topological polar surface area (TPSA) is 71.8 Å². The van der Waals surface area contributed by atoms with Crippen molar-refractivity contribution in [2.45, 2.75) is 39.0 Å². The van der Waals surface area contributed by atoms with Crippen molar-refractivity contribution in [1.29, 1.82) is 0 Å². The molecule has 1 rings (SSSR count). The molecule has 0 aliphatic heterocycles. The number of carbonyl (C=O) groups excluding carboxylic acids is 1. The molecule has 0 aliphatic rings. The smallest absolute Gasteiger partial charge is 0.197 e. The van der Waals surface area contributed by atoms with Gasteiger partial charge < -0.3 is 10.7 Å². The summed E-state index contributed by atoms with van der Waals surface area (Å²) in [5.41, 5.74) is 6.43. The second kappa shape index (κ2) is 5.42. The lowest BCUT2D eigenvalue weighted by molar-refractivity contribution is -0.119. The fourth-order valence-corrected chi connectivity index (χ4v) is 1.38. The normalized spacial score (nSPS) is 10.4. The highest BCUT2D eigenvalue weighted by molar-refractivity contribution is 5.78. The van der Waals surface area contributed by atoms with Gasteiger partial charge in [-0.2, -0.15) is 0 Å². The number of rotatable bonds is 6. The predicted molar refractivity (Wildman–Crippen MR) is 55.9 cm³/mol. The number of nitrogen functional groups attached to an aromatic ring is 1. The van der Waals surface area contributed by atoms with Crippen LogP contribution in [0.4, 0.5) is 5.95 Å². The Hall–Kier alpha value is -1.32. The number of aryl methyl sites for hydroxylation is 1. The molecule has 0 fully saturated rings. The van der Waals surface area contributed by atoms with Crippen molar-refractivity contribution in [2.75, 3.05) is 5.73 Å². The third-order valence-electron chi connectivity index (χ3n) is 2.08. The quantitative estimate of drug-likeness (QED) is 0.725. The predicted octanol–water partition coefficient (Wildman–Crippen LogP) is 1.68. The molecule has 1 aromatic heterocycles. The molecule has 14 heavy (non-hydrogen) atoms. The van der Waals surface area contributed by atoms with Gasteiger partial charge in [0.2, 0.25) is 0 Å². The number of nitrogens with one attached hydrogen (secondary N) is 1. The van der Waals surface area contributed by atoms with Gasteiger partial charge in [-0.05, 0) is 19.3 Å². The second-order valence-electron chi connectivity index (χ2n) is 3.44. The number of anilines is 1. The number of imidazole rings is 1. The van der Waals surface area contributed by atoms with Crippen molar-refractivity contribution in [2.24, 2.45) is 0 Å². The Morgan fingerprint density at radius 1 is 1.57 bits per heavy atom. The number of aromatic amines is 1. The van der Waals surface area contributed by atoms with E-state index in [4.69, 9.17) is 5.73 Å². The van der Waals surface area contributed by atoms with Crippen molar-refractivity contribution < 1.29 is 4.79 Å². The van der Waals surface area contributed by atoms with Gasteiger partial charge in [0, 0.05) is 18.5 Å². The van der Waals surface area contributed by atoms with E-state index in [9.17, 15) is 4.79 Å². The minimum atomic E-state index is 0.347. The zero-order chi connectivity index (χ0) is 10.4. The fourth-order valence-electron chi connectivity index (χ4n) is 1.38. The lowest BCUT2D eigenvalue weighted by atomic mass is 10.1. The molecule has 0 aromatic carbocycles. The minimum absolute atomic E-state index is 0.347. The van der Waals surface area contributed by atoms with Crippen molar-refractivity contribution >= 4 is 11.7 Å². The van der Waals surface area contributed by atoms with Crippen LogP contribution < -0.4 is 5.73 Å². The van der Waals surface area contributed by atoms with Crippen LogP contribution in [0.25, 0.3) is 0 Å². The molecule has 0 bridgehead atoms. The van der Waals surface area contributed by atoms with Gasteiger partial charge in [-0.3, -0.25) is 4.79 Å². The zero-order valence-electron chi connectivity index (χ0n) is 8.55. The maximum atomic E-state index is 11.2. The third kappa shape index (κ3) is 3.60. The minimum Gasteiger partial charge on any atom is -0.369 e. The summed E-state index contributed by atoms with van der Waals surface area (Å²) in [5.74, 6) is 0.792. The van der Waals surface area contributed by atoms with E-state index < -0.39 is 0 Å². The molecule has 0 saturated heterocycles. The van der Waals surface area contributed by atoms with E-state index in [0.29, 0.717) is 24.6 Å². The number of hydrogen-bond donors (Lipinski definition) is 2. The van der Waals surface area contributed by atoms with E-state index in [1.54, 1.807) is 6.20 Å². The Labute approximate surface area is 83.9 Å². The van der Waals surface area contributed by atoms with Crippen molar-refractivity contribution in [3.63, 3.8) is 0 Å². The molecule has 3 N–H and O–H groups in total. The van der Waals surface area contributed by atoms with Crippen LogP contribution in [-0.4, -0.2) is 15.8 Å². The van der Waals surface area contributed by atoms with Crippen molar-refractivity contribution in [1.82, 2.24) is 9.97 Å². The lowest BCUT2D eigenvalue weighted by Gasteiger charge is -1.97. The van der Waals surface area contributed by atoms with E-state index in [-0.39, 0.29) is 0 Å². The van der Waals surface area contributed by atoms with Crippen LogP contribution in [0.3, 0.4) is 0 Å². The standard InChI is InChI=1S/C10H17N3O/c1-2-4-9(14)6-3-5-8-7-12-10(11)13-8/h7H,2-6H2,1H3,(H3,11,12,13). The molecule has 1 aromatic rings. The number of hydrogen-bond acceptors (Lipinski definition) is 3.